The van der Waals surface area contributed by atoms with E-state index in [1.807, 2.05) is 18.2 Å². The number of rotatable bonds is 11. The van der Waals surface area contributed by atoms with Crippen LogP contribution in [0.4, 0.5) is 0 Å². The Bertz CT molecular complexity index is 471. The largest absolute Gasteiger partial charge is 0.376 e. The molecular formula is C18H29IN4O. The van der Waals surface area contributed by atoms with E-state index in [1.54, 1.807) is 0 Å². The van der Waals surface area contributed by atoms with E-state index in [2.05, 4.69) is 62.8 Å². The van der Waals surface area contributed by atoms with Gasteiger partial charge in [-0.25, -0.2) is 0 Å². The Morgan fingerprint density at radius 2 is 1.88 bits per heavy atom. The molecule has 0 spiro atoms. The molecule has 0 radical (unpaired) electrons. The van der Waals surface area contributed by atoms with Crippen LogP contribution in [0.25, 0.3) is 0 Å². The molecule has 0 saturated carbocycles. The summed E-state index contributed by atoms with van der Waals surface area (Å²) in [6, 6.07) is 10.7. The van der Waals surface area contributed by atoms with E-state index in [4.69, 9.17) is 10.5 Å². The highest BCUT2D eigenvalue weighted by atomic mass is 127. The number of alkyl halides is 1. The summed E-state index contributed by atoms with van der Waals surface area (Å²) < 4.78 is 6.32. The maximum Gasteiger partial charge on any atom is 0.0782 e. The second-order valence-electron chi connectivity index (χ2n) is 5.97. The number of hydrogen-bond acceptors (Lipinski definition) is 5. The van der Waals surface area contributed by atoms with Crippen molar-refractivity contribution in [2.75, 3.05) is 39.3 Å². The van der Waals surface area contributed by atoms with Crippen molar-refractivity contribution >= 4 is 22.6 Å². The van der Waals surface area contributed by atoms with Gasteiger partial charge in [0.25, 0.3) is 0 Å². The maximum atomic E-state index is 5.94. The van der Waals surface area contributed by atoms with E-state index in [0.29, 0.717) is 29.2 Å². The molecule has 0 aliphatic carbocycles. The third-order valence-electron chi connectivity index (χ3n) is 4.00. The molecule has 3 unspecified atom stereocenters. The van der Waals surface area contributed by atoms with Gasteiger partial charge in [0.15, 0.2) is 0 Å². The van der Waals surface area contributed by atoms with E-state index < -0.39 is 0 Å². The van der Waals surface area contributed by atoms with Gasteiger partial charge in [-0.2, -0.15) is 0 Å². The average molecular weight is 444 g/mol. The topological polar surface area (TPSA) is 71.3 Å². The van der Waals surface area contributed by atoms with E-state index in [0.717, 1.165) is 32.8 Å². The fourth-order valence-electron chi connectivity index (χ4n) is 2.69. The van der Waals surface area contributed by atoms with Gasteiger partial charge >= 0.3 is 0 Å². The molecule has 0 amide bonds. The minimum atomic E-state index is 0.384. The van der Waals surface area contributed by atoms with Gasteiger partial charge in [0.05, 0.1) is 17.3 Å². The molecule has 0 bridgehead atoms. The smallest absolute Gasteiger partial charge is 0.0782 e. The molecule has 1 heterocycles. The predicted molar refractivity (Wildman–Crippen MR) is 108 cm³/mol. The van der Waals surface area contributed by atoms with Crippen molar-refractivity contribution in [1.82, 2.24) is 16.0 Å². The minimum absolute atomic E-state index is 0.384. The zero-order valence-corrected chi connectivity index (χ0v) is 16.2. The Balaban J connectivity index is 1.70. The molecule has 0 fully saturated rings. The summed E-state index contributed by atoms with van der Waals surface area (Å²) in [6.07, 6.45) is 4.51. The molecule has 0 aromatic heterocycles. The second-order valence-corrected chi connectivity index (χ2v) is 7.31. The van der Waals surface area contributed by atoms with Gasteiger partial charge in [-0.1, -0.05) is 65.1 Å². The Hall–Kier alpha value is -0.510. The highest BCUT2D eigenvalue weighted by Crippen LogP contribution is 2.17. The molecule has 1 aromatic rings. The summed E-state index contributed by atoms with van der Waals surface area (Å²) in [7, 11) is 0. The molecule has 2 rings (SSSR count). The first kappa shape index (κ1) is 19.8. The van der Waals surface area contributed by atoms with Crippen LogP contribution in [0.1, 0.15) is 5.56 Å². The third kappa shape index (κ3) is 7.58. The normalized spacial score (nSPS) is 23.5. The van der Waals surface area contributed by atoms with Crippen LogP contribution in [0.3, 0.4) is 0 Å². The SMILES string of the molecule is NCCNCCNCC1NC(I)C=CC1COCc1ccccc1. The zero-order chi connectivity index (χ0) is 17.0. The predicted octanol–water partition coefficient (Wildman–Crippen LogP) is 1.25. The quantitative estimate of drug-likeness (QED) is 0.136. The van der Waals surface area contributed by atoms with Crippen LogP contribution in [-0.4, -0.2) is 49.4 Å². The summed E-state index contributed by atoms with van der Waals surface area (Å²) in [4.78, 5) is 0. The summed E-state index contributed by atoms with van der Waals surface area (Å²) >= 11 is 2.42. The monoisotopic (exact) mass is 444 g/mol. The van der Waals surface area contributed by atoms with Gasteiger partial charge in [-0.3, -0.25) is 5.32 Å². The summed E-state index contributed by atoms with van der Waals surface area (Å²) in [5.41, 5.74) is 6.69. The molecule has 1 aliphatic heterocycles. The number of benzene rings is 1. The first-order chi connectivity index (χ1) is 11.8. The van der Waals surface area contributed by atoms with Crippen LogP contribution >= 0.6 is 22.6 Å². The van der Waals surface area contributed by atoms with Crippen molar-refractivity contribution in [2.45, 2.75) is 16.7 Å². The number of hydrogen-bond donors (Lipinski definition) is 4. The number of ether oxygens (including phenoxy) is 1. The molecule has 24 heavy (non-hydrogen) atoms. The molecule has 5 nitrogen and oxygen atoms in total. The Morgan fingerprint density at radius 1 is 1.08 bits per heavy atom. The van der Waals surface area contributed by atoms with Crippen LogP contribution in [0.15, 0.2) is 42.5 Å². The van der Waals surface area contributed by atoms with Crippen molar-refractivity contribution in [3.63, 3.8) is 0 Å². The Kier molecular flexibility index (Phi) is 9.86. The van der Waals surface area contributed by atoms with E-state index in [-0.39, 0.29) is 0 Å². The molecular weight excluding hydrogens is 415 g/mol. The molecule has 1 aromatic carbocycles. The minimum Gasteiger partial charge on any atom is -0.376 e. The zero-order valence-electron chi connectivity index (χ0n) is 14.1. The van der Waals surface area contributed by atoms with Crippen molar-refractivity contribution in [3.05, 3.63) is 48.0 Å². The van der Waals surface area contributed by atoms with E-state index >= 15 is 0 Å². The molecule has 3 atom stereocenters. The van der Waals surface area contributed by atoms with Crippen molar-refractivity contribution in [2.24, 2.45) is 11.7 Å². The average Bonchev–Trinajstić information content (AvgIpc) is 2.60. The van der Waals surface area contributed by atoms with Crippen molar-refractivity contribution in [3.8, 4) is 0 Å². The van der Waals surface area contributed by atoms with Gasteiger partial charge in [0.2, 0.25) is 0 Å². The number of nitrogens with one attached hydrogen (secondary N) is 3. The number of nitrogens with two attached hydrogens (primary N) is 1. The van der Waals surface area contributed by atoms with E-state index in [9.17, 15) is 0 Å². The fourth-order valence-corrected chi connectivity index (χ4v) is 3.39. The highest BCUT2D eigenvalue weighted by Gasteiger charge is 2.24. The lowest BCUT2D eigenvalue weighted by Gasteiger charge is -2.31. The number of halogens is 1. The summed E-state index contributed by atoms with van der Waals surface area (Å²) in [6.45, 7) is 5.80. The molecule has 1 aliphatic rings. The van der Waals surface area contributed by atoms with Crippen LogP contribution in [0, 0.1) is 5.92 Å². The third-order valence-corrected chi connectivity index (χ3v) is 4.78. The van der Waals surface area contributed by atoms with Gasteiger partial charge in [-0.05, 0) is 5.56 Å². The van der Waals surface area contributed by atoms with Crippen LogP contribution in [0.5, 0.6) is 0 Å². The van der Waals surface area contributed by atoms with Gasteiger partial charge in [0, 0.05) is 44.7 Å². The molecule has 134 valence electrons. The van der Waals surface area contributed by atoms with Crippen molar-refractivity contribution in [1.29, 1.82) is 0 Å². The van der Waals surface area contributed by atoms with Crippen LogP contribution in [0.2, 0.25) is 0 Å². The fraction of sp³-hybridized carbons (Fsp3) is 0.556. The Labute approximate surface area is 158 Å². The van der Waals surface area contributed by atoms with Gasteiger partial charge in [0.1, 0.15) is 0 Å². The summed E-state index contributed by atoms with van der Waals surface area (Å²) in [5, 5.41) is 10.4. The van der Waals surface area contributed by atoms with Crippen LogP contribution < -0.4 is 21.7 Å². The van der Waals surface area contributed by atoms with Gasteiger partial charge < -0.3 is 21.1 Å². The lowest BCUT2D eigenvalue weighted by Crippen LogP contribution is -2.50. The standard InChI is InChI=1S/C18H29IN4O/c19-18-7-6-16(14-24-13-15-4-2-1-3-5-15)17(23-18)12-22-11-10-21-9-8-20/h1-7,16-18,21-23H,8-14,20H2. The molecule has 5 N–H and O–H groups in total. The first-order valence-electron chi connectivity index (χ1n) is 8.61. The summed E-state index contributed by atoms with van der Waals surface area (Å²) in [5.74, 6) is 0.393. The first-order valence-corrected chi connectivity index (χ1v) is 9.86. The molecule has 6 heteroatoms. The van der Waals surface area contributed by atoms with Crippen molar-refractivity contribution < 1.29 is 4.74 Å². The second kappa shape index (κ2) is 11.9. The highest BCUT2D eigenvalue weighted by molar-refractivity contribution is 14.1. The van der Waals surface area contributed by atoms with Crippen LogP contribution in [-0.2, 0) is 11.3 Å². The lowest BCUT2D eigenvalue weighted by atomic mass is 9.97. The Morgan fingerprint density at radius 3 is 2.67 bits per heavy atom. The maximum absolute atomic E-state index is 5.94. The van der Waals surface area contributed by atoms with Gasteiger partial charge in [-0.15, -0.1) is 0 Å². The van der Waals surface area contributed by atoms with E-state index in [1.165, 1.54) is 5.56 Å². The molecule has 0 saturated heterocycles. The lowest BCUT2D eigenvalue weighted by molar-refractivity contribution is 0.0864.